The number of furan rings is 1. The molecule has 2 rings (SSSR count). The van der Waals surface area contributed by atoms with Crippen molar-refractivity contribution in [2.75, 3.05) is 5.73 Å². The Morgan fingerprint density at radius 3 is 2.76 bits per heavy atom. The van der Waals surface area contributed by atoms with E-state index in [4.69, 9.17) is 16.0 Å². The van der Waals surface area contributed by atoms with Gasteiger partial charge in [0.1, 0.15) is 17.6 Å². The number of nitrogens with zero attached hydrogens (tertiary/aromatic N) is 1. The Balaban J connectivity index is 2.49. The number of anilines is 1. The quantitative estimate of drug-likeness (QED) is 0.550. The Bertz CT molecular complexity index is 521. The minimum Gasteiger partial charge on any atom is -0.467 e. The van der Waals surface area contributed by atoms with Gasteiger partial charge in [0.05, 0.1) is 6.26 Å². The normalized spacial score (nSPS) is 12.6. The summed E-state index contributed by atoms with van der Waals surface area (Å²) >= 11 is 0. The van der Waals surface area contributed by atoms with E-state index in [0.29, 0.717) is 5.82 Å². The monoisotopic (exact) mass is 232 g/mol. The van der Waals surface area contributed by atoms with Gasteiger partial charge in [0.25, 0.3) is 0 Å². The molecule has 0 radical (unpaired) electrons. The van der Waals surface area contributed by atoms with Crippen LogP contribution >= 0.6 is 0 Å². The zero-order chi connectivity index (χ0) is 12.4. The van der Waals surface area contributed by atoms with E-state index in [9.17, 15) is 0 Å². The third-order valence-electron chi connectivity index (χ3n) is 2.73. The summed E-state index contributed by atoms with van der Waals surface area (Å²) in [5, 5.41) is 0. The predicted molar refractivity (Wildman–Crippen MR) is 66.0 cm³/mol. The highest BCUT2D eigenvalue weighted by molar-refractivity contribution is 5.46. The molecule has 0 aliphatic carbocycles. The highest BCUT2D eigenvalue weighted by atomic mass is 16.3. The van der Waals surface area contributed by atoms with Crippen molar-refractivity contribution in [1.29, 1.82) is 0 Å². The summed E-state index contributed by atoms with van der Waals surface area (Å²) in [6.45, 7) is 3.92. The van der Waals surface area contributed by atoms with Crippen LogP contribution in [0, 0.1) is 13.8 Å². The lowest BCUT2D eigenvalue weighted by Crippen LogP contribution is -2.29. The Morgan fingerprint density at radius 1 is 1.41 bits per heavy atom. The van der Waals surface area contributed by atoms with Gasteiger partial charge in [-0.25, -0.2) is 10.4 Å². The number of hydrogen-bond donors (Lipinski definition) is 3. The van der Waals surface area contributed by atoms with Crippen LogP contribution in [0.25, 0.3) is 0 Å². The van der Waals surface area contributed by atoms with Crippen molar-refractivity contribution >= 4 is 5.82 Å². The number of rotatable bonds is 3. The van der Waals surface area contributed by atoms with Crippen LogP contribution in [0.5, 0.6) is 0 Å². The molecule has 0 bridgehead atoms. The second-order valence-electron chi connectivity index (χ2n) is 4.05. The van der Waals surface area contributed by atoms with Crippen molar-refractivity contribution in [1.82, 2.24) is 10.4 Å². The van der Waals surface area contributed by atoms with Crippen LogP contribution in [0.15, 0.2) is 29.0 Å². The van der Waals surface area contributed by atoms with Crippen LogP contribution in [0.2, 0.25) is 0 Å². The van der Waals surface area contributed by atoms with Crippen molar-refractivity contribution in [2.45, 2.75) is 19.9 Å². The molecule has 5 heteroatoms. The first-order valence-electron chi connectivity index (χ1n) is 5.35. The van der Waals surface area contributed by atoms with Crippen molar-refractivity contribution < 1.29 is 4.42 Å². The van der Waals surface area contributed by atoms with Gasteiger partial charge >= 0.3 is 0 Å². The van der Waals surface area contributed by atoms with Crippen LogP contribution < -0.4 is 17.0 Å². The maximum atomic E-state index is 5.87. The molecule has 1 unspecified atom stereocenters. The van der Waals surface area contributed by atoms with E-state index in [0.717, 1.165) is 22.5 Å². The predicted octanol–water partition coefficient (Wildman–Crippen LogP) is 1.43. The lowest BCUT2D eigenvalue weighted by molar-refractivity contribution is 0.449. The average Bonchev–Trinajstić information content (AvgIpc) is 2.71. The molecule has 5 N–H and O–H groups in total. The van der Waals surface area contributed by atoms with Crippen LogP contribution in [0.4, 0.5) is 5.82 Å². The van der Waals surface area contributed by atoms with Gasteiger partial charge in [0.2, 0.25) is 0 Å². The topological polar surface area (TPSA) is 90.1 Å². The number of nitrogens with two attached hydrogens (primary N) is 2. The third kappa shape index (κ3) is 2.15. The lowest BCUT2D eigenvalue weighted by Gasteiger charge is -2.16. The zero-order valence-electron chi connectivity index (χ0n) is 9.90. The average molecular weight is 232 g/mol. The van der Waals surface area contributed by atoms with Gasteiger partial charge in [-0.1, -0.05) is 0 Å². The summed E-state index contributed by atoms with van der Waals surface area (Å²) < 4.78 is 5.44. The summed E-state index contributed by atoms with van der Waals surface area (Å²) in [4.78, 5) is 4.13. The Morgan fingerprint density at radius 2 is 2.18 bits per heavy atom. The summed E-state index contributed by atoms with van der Waals surface area (Å²) in [6.07, 6.45) is 3.36. The van der Waals surface area contributed by atoms with Crippen LogP contribution in [0.3, 0.4) is 0 Å². The van der Waals surface area contributed by atoms with E-state index in [2.05, 4.69) is 10.4 Å². The van der Waals surface area contributed by atoms with Gasteiger partial charge in [-0.2, -0.15) is 0 Å². The number of aromatic nitrogens is 1. The Kier molecular flexibility index (Phi) is 3.12. The van der Waals surface area contributed by atoms with Crippen molar-refractivity contribution in [2.24, 2.45) is 5.84 Å². The summed E-state index contributed by atoms with van der Waals surface area (Å²) in [7, 11) is 0. The second-order valence-corrected chi connectivity index (χ2v) is 4.05. The van der Waals surface area contributed by atoms with E-state index in [1.54, 1.807) is 12.5 Å². The molecular formula is C12H16N4O. The molecule has 0 aliphatic rings. The molecule has 2 heterocycles. The highest BCUT2D eigenvalue weighted by Gasteiger charge is 2.20. The highest BCUT2D eigenvalue weighted by Crippen LogP contribution is 2.28. The second kappa shape index (κ2) is 4.57. The van der Waals surface area contributed by atoms with Gasteiger partial charge in [-0.05, 0) is 37.1 Å². The molecule has 0 aliphatic heterocycles. The van der Waals surface area contributed by atoms with Gasteiger partial charge in [0, 0.05) is 11.8 Å². The van der Waals surface area contributed by atoms with Crippen LogP contribution in [0.1, 0.15) is 28.5 Å². The summed E-state index contributed by atoms with van der Waals surface area (Å²) in [5.41, 5.74) is 11.5. The van der Waals surface area contributed by atoms with E-state index in [1.165, 1.54) is 0 Å². The Hall–Kier alpha value is -1.85. The first-order valence-corrected chi connectivity index (χ1v) is 5.35. The number of hydrazine groups is 1. The molecule has 2 aromatic heterocycles. The molecule has 0 aromatic carbocycles. The standard InChI is InChI=1S/C12H16N4O/c1-7-5-9(12(13)15-6-7)10(16-14)11-8(2)3-4-17-11/h3-6,10,16H,14H2,1-2H3,(H2,13,15). The Labute approximate surface area is 99.8 Å². The number of nitrogen functional groups attached to an aromatic ring is 1. The fourth-order valence-corrected chi connectivity index (χ4v) is 1.82. The van der Waals surface area contributed by atoms with Crippen molar-refractivity contribution in [3.05, 3.63) is 47.0 Å². The number of pyridine rings is 1. The fourth-order valence-electron chi connectivity index (χ4n) is 1.82. The molecule has 1 atom stereocenters. The molecule has 0 saturated heterocycles. The maximum absolute atomic E-state index is 5.87. The van der Waals surface area contributed by atoms with Crippen molar-refractivity contribution in [3.8, 4) is 0 Å². The molecular weight excluding hydrogens is 216 g/mol. The minimum atomic E-state index is -0.280. The van der Waals surface area contributed by atoms with Crippen LogP contribution in [-0.4, -0.2) is 4.98 Å². The van der Waals surface area contributed by atoms with E-state index >= 15 is 0 Å². The zero-order valence-corrected chi connectivity index (χ0v) is 9.90. The fraction of sp³-hybridized carbons (Fsp3) is 0.250. The maximum Gasteiger partial charge on any atom is 0.129 e. The third-order valence-corrected chi connectivity index (χ3v) is 2.73. The largest absolute Gasteiger partial charge is 0.467 e. The molecule has 0 fully saturated rings. The lowest BCUT2D eigenvalue weighted by atomic mass is 10.0. The molecule has 0 amide bonds. The molecule has 90 valence electrons. The number of nitrogens with one attached hydrogen (secondary N) is 1. The number of aryl methyl sites for hydroxylation is 2. The molecule has 5 nitrogen and oxygen atoms in total. The van der Waals surface area contributed by atoms with Crippen molar-refractivity contribution in [3.63, 3.8) is 0 Å². The minimum absolute atomic E-state index is 0.280. The van der Waals surface area contributed by atoms with Gasteiger partial charge in [-0.3, -0.25) is 5.84 Å². The smallest absolute Gasteiger partial charge is 0.129 e. The van der Waals surface area contributed by atoms with E-state index in [1.807, 2.05) is 26.0 Å². The molecule has 17 heavy (non-hydrogen) atoms. The first kappa shape index (κ1) is 11.6. The summed E-state index contributed by atoms with van der Waals surface area (Å²) in [5.74, 6) is 6.80. The summed E-state index contributed by atoms with van der Waals surface area (Å²) in [6, 6.07) is 3.56. The molecule has 0 saturated carbocycles. The van der Waals surface area contributed by atoms with Crippen LogP contribution in [-0.2, 0) is 0 Å². The molecule has 2 aromatic rings. The molecule has 0 spiro atoms. The first-order chi connectivity index (χ1) is 8.13. The SMILES string of the molecule is Cc1cnc(N)c(C(NN)c2occc2C)c1. The number of hydrogen-bond acceptors (Lipinski definition) is 5. The van der Waals surface area contributed by atoms with Gasteiger partial charge in [-0.15, -0.1) is 0 Å². The van der Waals surface area contributed by atoms with Gasteiger partial charge < -0.3 is 10.2 Å². The van der Waals surface area contributed by atoms with E-state index in [-0.39, 0.29) is 6.04 Å². The van der Waals surface area contributed by atoms with E-state index < -0.39 is 0 Å². The van der Waals surface area contributed by atoms with Gasteiger partial charge in [0.15, 0.2) is 0 Å².